The van der Waals surface area contributed by atoms with E-state index in [9.17, 15) is 13.2 Å². The molecule has 36 heavy (non-hydrogen) atoms. The Bertz CT molecular complexity index is 1450. The van der Waals surface area contributed by atoms with Crippen molar-refractivity contribution in [1.82, 2.24) is 29.7 Å². The van der Waals surface area contributed by atoms with Gasteiger partial charge < -0.3 is 4.74 Å². The molecule has 1 saturated heterocycles. The first-order chi connectivity index (χ1) is 17.4. The van der Waals surface area contributed by atoms with Crippen molar-refractivity contribution in [3.63, 3.8) is 0 Å². The number of ether oxygens (including phenoxy) is 1. The predicted molar refractivity (Wildman–Crippen MR) is 126 cm³/mol. The van der Waals surface area contributed by atoms with Crippen LogP contribution in [-0.2, 0) is 4.74 Å². The largest absolute Gasteiger partial charge is 0.373 e. The topological polar surface area (TPSA) is 78.6 Å². The molecule has 1 saturated carbocycles. The van der Waals surface area contributed by atoms with E-state index in [0.29, 0.717) is 60.7 Å². The number of fused-ring (bicyclic) bond motifs is 1. The lowest BCUT2D eigenvalue weighted by atomic mass is 9.90. The predicted octanol–water partition coefficient (Wildman–Crippen LogP) is 5.49. The highest BCUT2D eigenvalue weighted by molar-refractivity contribution is 5.87. The molecular weight excluding hydrogens is 469 g/mol. The van der Waals surface area contributed by atoms with Gasteiger partial charge in [-0.25, -0.2) is 33.1 Å². The quantitative estimate of drug-likeness (QED) is 0.374. The summed E-state index contributed by atoms with van der Waals surface area (Å²) < 4.78 is 49.6. The minimum absolute atomic E-state index is 0.0684. The van der Waals surface area contributed by atoms with E-state index >= 15 is 0 Å². The van der Waals surface area contributed by atoms with Crippen LogP contribution in [0.15, 0.2) is 30.6 Å². The van der Waals surface area contributed by atoms with E-state index < -0.39 is 17.8 Å². The fraction of sp³-hybridized carbons (Fsp3) is 0.423. The van der Waals surface area contributed by atoms with Gasteiger partial charge in [-0.3, -0.25) is 4.68 Å². The van der Waals surface area contributed by atoms with Gasteiger partial charge in [-0.05, 0) is 38.8 Å². The Morgan fingerprint density at radius 2 is 1.81 bits per heavy atom. The summed E-state index contributed by atoms with van der Waals surface area (Å²) in [4.78, 5) is 18.7. The van der Waals surface area contributed by atoms with Crippen molar-refractivity contribution in [2.24, 2.45) is 0 Å². The van der Waals surface area contributed by atoms with Crippen LogP contribution in [0.4, 0.5) is 13.2 Å². The number of benzene rings is 1. The summed E-state index contributed by atoms with van der Waals surface area (Å²) in [5, 5.41) is 4.42. The van der Waals surface area contributed by atoms with Gasteiger partial charge in [0.05, 0.1) is 29.7 Å². The highest BCUT2D eigenvalue weighted by atomic mass is 19.1. The van der Waals surface area contributed by atoms with Crippen LogP contribution in [0, 0.1) is 25.5 Å². The van der Waals surface area contributed by atoms with Gasteiger partial charge in [-0.2, -0.15) is 5.10 Å². The third-order valence-electron chi connectivity index (χ3n) is 7.22. The molecule has 3 aromatic heterocycles. The molecule has 0 amide bonds. The first-order valence-electron chi connectivity index (χ1n) is 12.1. The third-order valence-corrected chi connectivity index (χ3v) is 7.22. The maximum Gasteiger partial charge on any atom is 0.182 e. The Morgan fingerprint density at radius 1 is 1.00 bits per heavy atom. The average Bonchev–Trinajstić information content (AvgIpc) is 3.32. The molecule has 0 radical (unpaired) electrons. The Balaban J connectivity index is 1.36. The Kier molecular flexibility index (Phi) is 5.70. The summed E-state index contributed by atoms with van der Waals surface area (Å²) in [6.07, 6.45) is 5.02. The van der Waals surface area contributed by atoms with E-state index in [1.807, 2.05) is 24.7 Å². The first kappa shape index (κ1) is 23.0. The second kappa shape index (κ2) is 8.92. The van der Waals surface area contributed by atoms with Gasteiger partial charge in [0.2, 0.25) is 0 Å². The van der Waals surface area contributed by atoms with E-state index in [2.05, 4.69) is 15.1 Å². The average molecular weight is 495 g/mol. The molecule has 0 N–H and O–H groups in total. The molecule has 0 spiro atoms. The van der Waals surface area contributed by atoms with E-state index in [1.165, 1.54) is 12.1 Å². The van der Waals surface area contributed by atoms with Gasteiger partial charge in [0.1, 0.15) is 34.8 Å². The minimum Gasteiger partial charge on any atom is -0.373 e. The number of aromatic nitrogens is 6. The number of hydrogen-bond donors (Lipinski definition) is 0. The Labute approximate surface area is 205 Å². The zero-order valence-electron chi connectivity index (χ0n) is 20.0. The molecule has 2 aliphatic rings. The third kappa shape index (κ3) is 4.13. The molecule has 4 heterocycles. The summed E-state index contributed by atoms with van der Waals surface area (Å²) in [5.41, 5.74) is 3.55. The fourth-order valence-electron chi connectivity index (χ4n) is 4.90. The molecule has 6 rings (SSSR count). The number of hydrogen-bond acceptors (Lipinski definition) is 6. The van der Waals surface area contributed by atoms with Gasteiger partial charge in [0, 0.05) is 48.8 Å². The van der Waals surface area contributed by atoms with Gasteiger partial charge in [-0.15, -0.1) is 0 Å². The minimum atomic E-state index is -0.751. The second-order valence-corrected chi connectivity index (χ2v) is 9.68. The van der Waals surface area contributed by atoms with Gasteiger partial charge in [0.15, 0.2) is 5.65 Å². The van der Waals surface area contributed by atoms with Crippen LogP contribution in [0.1, 0.15) is 66.5 Å². The van der Waals surface area contributed by atoms with Crippen LogP contribution in [-0.4, -0.2) is 42.5 Å². The number of halogens is 3. The van der Waals surface area contributed by atoms with Crippen molar-refractivity contribution in [2.75, 3.05) is 6.61 Å². The maximum atomic E-state index is 14.8. The molecule has 4 aromatic rings. The summed E-state index contributed by atoms with van der Waals surface area (Å²) in [7, 11) is 0. The van der Waals surface area contributed by atoms with Crippen LogP contribution < -0.4 is 0 Å². The molecule has 2 atom stereocenters. The number of nitrogens with zero attached hydrogens (tertiary/aromatic N) is 6. The lowest BCUT2D eigenvalue weighted by Gasteiger charge is -2.30. The lowest BCUT2D eigenvalue weighted by molar-refractivity contribution is 0.00386. The van der Waals surface area contributed by atoms with Crippen molar-refractivity contribution in [2.45, 2.75) is 63.8 Å². The van der Waals surface area contributed by atoms with Crippen molar-refractivity contribution in [3.8, 4) is 11.3 Å². The molecule has 10 heteroatoms. The smallest absolute Gasteiger partial charge is 0.182 e. The zero-order chi connectivity index (χ0) is 25.0. The van der Waals surface area contributed by atoms with E-state index in [4.69, 9.17) is 14.7 Å². The zero-order valence-corrected chi connectivity index (χ0v) is 20.0. The van der Waals surface area contributed by atoms with Crippen LogP contribution >= 0.6 is 0 Å². The summed E-state index contributed by atoms with van der Waals surface area (Å²) >= 11 is 0. The molecular formula is C26H25F3N6O. The molecule has 186 valence electrons. The Hall–Kier alpha value is -3.40. The standard InChI is InChI=1S/C26H25F3N6O/c1-13-14(2)32-26-24(31-13)23(20-4-3-17(27)10-21(20)29)33-25(34-26)15-5-6-36-22(7-15)16-11-30-35(12-16)19-8-18(28)9-19/h3-4,10-12,15,18-19,22H,5-9H2,1-2H3/t15-,18?,19?,22-/m0/s1. The van der Waals surface area contributed by atoms with Crippen LogP contribution in [0.25, 0.3) is 22.4 Å². The van der Waals surface area contributed by atoms with E-state index in [1.54, 1.807) is 6.20 Å². The van der Waals surface area contributed by atoms with Gasteiger partial charge >= 0.3 is 0 Å². The molecule has 0 unspecified atom stereocenters. The number of aryl methyl sites for hydroxylation is 2. The molecule has 2 fully saturated rings. The summed E-state index contributed by atoms with van der Waals surface area (Å²) in [6, 6.07) is 3.51. The summed E-state index contributed by atoms with van der Waals surface area (Å²) in [6.45, 7) is 4.16. The number of alkyl halides is 1. The van der Waals surface area contributed by atoms with E-state index in [0.717, 1.165) is 17.3 Å². The molecule has 1 aliphatic carbocycles. The van der Waals surface area contributed by atoms with Crippen molar-refractivity contribution in [1.29, 1.82) is 0 Å². The van der Waals surface area contributed by atoms with Crippen molar-refractivity contribution in [3.05, 3.63) is 65.0 Å². The molecule has 1 aliphatic heterocycles. The van der Waals surface area contributed by atoms with Crippen LogP contribution in [0.3, 0.4) is 0 Å². The SMILES string of the molecule is Cc1nc2nc([C@H]3CCO[C@H](c4cnn(C5CC(F)C5)c4)C3)nc(-c3ccc(F)cc3F)c2nc1C. The van der Waals surface area contributed by atoms with Crippen LogP contribution in [0.5, 0.6) is 0 Å². The summed E-state index contributed by atoms with van der Waals surface area (Å²) in [5.74, 6) is -0.922. The highest BCUT2D eigenvalue weighted by Gasteiger charge is 2.33. The van der Waals surface area contributed by atoms with Crippen LogP contribution in [0.2, 0.25) is 0 Å². The van der Waals surface area contributed by atoms with Gasteiger partial charge in [0.25, 0.3) is 0 Å². The first-order valence-corrected chi connectivity index (χ1v) is 12.1. The lowest BCUT2D eigenvalue weighted by Crippen LogP contribution is -2.28. The highest BCUT2D eigenvalue weighted by Crippen LogP contribution is 2.39. The van der Waals surface area contributed by atoms with Crippen molar-refractivity contribution >= 4 is 11.2 Å². The normalized spacial score (nSPS) is 24.1. The van der Waals surface area contributed by atoms with E-state index in [-0.39, 0.29) is 23.6 Å². The maximum absolute atomic E-state index is 14.8. The monoisotopic (exact) mass is 494 g/mol. The number of rotatable bonds is 4. The molecule has 7 nitrogen and oxygen atoms in total. The molecule has 0 bridgehead atoms. The second-order valence-electron chi connectivity index (χ2n) is 9.68. The Morgan fingerprint density at radius 3 is 2.58 bits per heavy atom. The van der Waals surface area contributed by atoms with Crippen molar-refractivity contribution < 1.29 is 17.9 Å². The fourth-order valence-corrected chi connectivity index (χ4v) is 4.90. The van der Waals surface area contributed by atoms with Gasteiger partial charge in [-0.1, -0.05) is 0 Å². The molecule has 1 aromatic carbocycles.